The number of benzene rings is 1. The number of aromatic hydroxyl groups is 1. The molecule has 0 spiro atoms. The van der Waals surface area contributed by atoms with E-state index < -0.39 is 0 Å². The first kappa shape index (κ1) is 10.0. The Kier molecular flexibility index (Phi) is 3.22. The van der Waals surface area contributed by atoms with Crippen LogP contribution in [-0.4, -0.2) is 29.4 Å². The molecule has 2 rings (SSSR count). The monoisotopic (exact) mass is 204 g/mol. The van der Waals surface area contributed by atoms with E-state index in [0.29, 0.717) is 5.75 Å². The van der Waals surface area contributed by atoms with Crippen molar-refractivity contribution < 1.29 is 5.11 Å². The summed E-state index contributed by atoms with van der Waals surface area (Å²) in [6, 6.07) is 7.26. The van der Waals surface area contributed by atoms with Gasteiger partial charge in [0.05, 0.1) is 6.21 Å². The predicted molar refractivity (Wildman–Crippen MR) is 61.1 cm³/mol. The first-order valence-electron chi connectivity index (χ1n) is 5.43. The van der Waals surface area contributed by atoms with Gasteiger partial charge in [-0.05, 0) is 31.4 Å². The molecular formula is C12H16N2O. The van der Waals surface area contributed by atoms with Crippen molar-refractivity contribution in [3.05, 3.63) is 29.8 Å². The van der Waals surface area contributed by atoms with E-state index in [1.54, 1.807) is 12.3 Å². The van der Waals surface area contributed by atoms with Gasteiger partial charge in [0.15, 0.2) is 0 Å². The van der Waals surface area contributed by atoms with Gasteiger partial charge in [0.1, 0.15) is 5.75 Å². The standard InChI is InChI=1S/C12H16N2O/c15-12-7-3-2-6-11(12)10-13-14-8-4-1-5-9-14/h2-3,6-7,10,15H,1,4-5,8-9H2. The summed E-state index contributed by atoms with van der Waals surface area (Å²) >= 11 is 0. The Morgan fingerprint density at radius 2 is 1.87 bits per heavy atom. The SMILES string of the molecule is Oc1ccccc1C=NN1CCCCC1. The van der Waals surface area contributed by atoms with Crippen LogP contribution in [0.1, 0.15) is 24.8 Å². The minimum Gasteiger partial charge on any atom is -0.507 e. The summed E-state index contributed by atoms with van der Waals surface area (Å²) in [4.78, 5) is 0. The molecule has 1 saturated heterocycles. The Balaban J connectivity index is 2.01. The summed E-state index contributed by atoms with van der Waals surface area (Å²) in [5.74, 6) is 0.290. The molecule has 0 atom stereocenters. The number of phenols is 1. The van der Waals surface area contributed by atoms with Crippen LogP contribution in [0.4, 0.5) is 0 Å². The Morgan fingerprint density at radius 3 is 2.60 bits per heavy atom. The van der Waals surface area contributed by atoms with Crippen LogP contribution >= 0.6 is 0 Å². The van der Waals surface area contributed by atoms with E-state index >= 15 is 0 Å². The number of nitrogens with zero attached hydrogens (tertiary/aromatic N) is 2. The third-order valence-corrected chi connectivity index (χ3v) is 2.63. The van der Waals surface area contributed by atoms with Gasteiger partial charge >= 0.3 is 0 Å². The largest absolute Gasteiger partial charge is 0.507 e. The van der Waals surface area contributed by atoms with Crippen molar-refractivity contribution in [1.29, 1.82) is 0 Å². The number of rotatable bonds is 2. The number of piperidine rings is 1. The highest BCUT2D eigenvalue weighted by Gasteiger charge is 2.06. The van der Waals surface area contributed by atoms with Crippen LogP contribution in [0, 0.1) is 0 Å². The number of hydrazone groups is 1. The fourth-order valence-electron chi connectivity index (χ4n) is 1.73. The van der Waals surface area contributed by atoms with Crippen molar-refractivity contribution in [1.82, 2.24) is 5.01 Å². The molecule has 1 N–H and O–H groups in total. The summed E-state index contributed by atoms with van der Waals surface area (Å²) in [6.07, 6.45) is 5.49. The van der Waals surface area contributed by atoms with Crippen molar-refractivity contribution in [3.63, 3.8) is 0 Å². The number of hydrogen-bond acceptors (Lipinski definition) is 3. The van der Waals surface area contributed by atoms with E-state index in [-0.39, 0.29) is 0 Å². The zero-order chi connectivity index (χ0) is 10.5. The van der Waals surface area contributed by atoms with Gasteiger partial charge in [-0.25, -0.2) is 0 Å². The minimum absolute atomic E-state index is 0.290. The van der Waals surface area contributed by atoms with Gasteiger partial charge in [-0.3, -0.25) is 5.01 Å². The van der Waals surface area contributed by atoms with Crippen LogP contribution in [0.25, 0.3) is 0 Å². The molecule has 1 aliphatic rings. The molecule has 0 radical (unpaired) electrons. The molecule has 0 aliphatic carbocycles. The summed E-state index contributed by atoms with van der Waals surface area (Å²) in [5, 5.41) is 16.0. The first-order valence-corrected chi connectivity index (χ1v) is 5.43. The highest BCUT2D eigenvalue weighted by Crippen LogP contribution is 2.14. The molecule has 0 unspecified atom stereocenters. The lowest BCUT2D eigenvalue weighted by molar-refractivity contribution is 0.240. The molecule has 3 heteroatoms. The minimum atomic E-state index is 0.290. The summed E-state index contributed by atoms with van der Waals surface area (Å²) in [6.45, 7) is 2.06. The highest BCUT2D eigenvalue weighted by molar-refractivity contribution is 5.82. The van der Waals surface area contributed by atoms with Gasteiger partial charge in [0.2, 0.25) is 0 Å². The molecular weight excluding hydrogens is 188 g/mol. The van der Waals surface area contributed by atoms with Gasteiger partial charge in [0, 0.05) is 18.7 Å². The van der Waals surface area contributed by atoms with Crippen LogP contribution in [0.3, 0.4) is 0 Å². The van der Waals surface area contributed by atoms with E-state index in [1.807, 2.05) is 18.2 Å². The van der Waals surface area contributed by atoms with Crippen molar-refractivity contribution >= 4 is 6.21 Å². The molecule has 0 bridgehead atoms. The summed E-state index contributed by atoms with van der Waals surface area (Å²) in [5.41, 5.74) is 0.781. The van der Waals surface area contributed by atoms with Crippen LogP contribution in [0.2, 0.25) is 0 Å². The molecule has 1 heterocycles. The van der Waals surface area contributed by atoms with Crippen LogP contribution in [0.15, 0.2) is 29.4 Å². The maximum absolute atomic E-state index is 9.53. The number of para-hydroxylation sites is 1. The summed E-state index contributed by atoms with van der Waals surface area (Å²) in [7, 11) is 0. The zero-order valence-electron chi connectivity index (χ0n) is 8.76. The maximum atomic E-state index is 9.53. The molecule has 15 heavy (non-hydrogen) atoms. The Morgan fingerprint density at radius 1 is 1.13 bits per heavy atom. The highest BCUT2D eigenvalue weighted by atomic mass is 16.3. The molecule has 3 nitrogen and oxygen atoms in total. The number of phenolic OH excluding ortho intramolecular Hbond substituents is 1. The molecule has 0 saturated carbocycles. The first-order chi connectivity index (χ1) is 7.36. The Bertz CT molecular complexity index is 343. The fraction of sp³-hybridized carbons (Fsp3) is 0.417. The van der Waals surface area contributed by atoms with Crippen molar-refractivity contribution in [3.8, 4) is 5.75 Å². The van der Waals surface area contributed by atoms with Crippen molar-refractivity contribution in [2.24, 2.45) is 5.10 Å². The molecule has 1 aromatic rings. The third-order valence-electron chi connectivity index (χ3n) is 2.63. The molecule has 0 aromatic heterocycles. The topological polar surface area (TPSA) is 35.8 Å². The lowest BCUT2D eigenvalue weighted by Crippen LogP contribution is -2.24. The lowest BCUT2D eigenvalue weighted by atomic mass is 10.2. The van der Waals surface area contributed by atoms with Gasteiger partial charge in [-0.2, -0.15) is 5.10 Å². The lowest BCUT2D eigenvalue weighted by Gasteiger charge is -2.23. The molecule has 1 fully saturated rings. The quantitative estimate of drug-likeness (QED) is 0.750. The normalized spacial score (nSPS) is 17.2. The Hall–Kier alpha value is -1.51. The van der Waals surface area contributed by atoms with Crippen molar-refractivity contribution in [2.45, 2.75) is 19.3 Å². The van der Waals surface area contributed by atoms with Gasteiger partial charge < -0.3 is 5.11 Å². The fourth-order valence-corrected chi connectivity index (χ4v) is 1.73. The Labute approximate surface area is 90.0 Å². The van der Waals surface area contributed by atoms with E-state index in [4.69, 9.17) is 0 Å². The van der Waals surface area contributed by atoms with Crippen molar-refractivity contribution in [2.75, 3.05) is 13.1 Å². The molecule has 0 amide bonds. The molecule has 80 valence electrons. The second-order valence-electron chi connectivity index (χ2n) is 3.82. The van der Waals surface area contributed by atoms with Gasteiger partial charge in [0.25, 0.3) is 0 Å². The number of hydrogen-bond donors (Lipinski definition) is 1. The molecule has 1 aliphatic heterocycles. The second kappa shape index (κ2) is 4.82. The smallest absolute Gasteiger partial charge is 0.124 e. The average Bonchev–Trinajstić information content (AvgIpc) is 2.29. The van der Waals surface area contributed by atoms with Crippen LogP contribution < -0.4 is 0 Å². The third kappa shape index (κ3) is 2.72. The van der Waals surface area contributed by atoms with E-state index in [2.05, 4.69) is 10.1 Å². The van der Waals surface area contributed by atoms with E-state index in [0.717, 1.165) is 18.7 Å². The predicted octanol–water partition coefficient (Wildman–Crippen LogP) is 2.21. The van der Waals surface area contributed by atoms with E-state index in [9.17, 15) is 5.11 Å². The average molecular weight is 204 g/mol. The van der Waals surface area contributed by atoms with E-state index in [1.165, 1.54) is 19.3 Å². The maximum Gasteiger partial charge on any atom is 0.124 e. The van der Waals surface area contributed by atoms with Gasteiger partial charge in [-0.1, -0.05) is 12.1 Å². The zero-order valence-corrected chi connectivity index (χ0v) is 8.76. The second-order valence-corrected chi connectivity index (χ2v) is 3.82. The van der Waals surface area contributed by atoms with Crippen LogP contribution in [-0.2, 0) is 0 Å². The van der Waals surface area contributed by atoms with Gasteiger partial charge in [-0.15, -0.1) is 0 Å². The summed E-state index contributed by atoms with van der Waals surface area (Å²) < 4.78 is 0. The molecule has 1 aromatic carbocycles. The van der Waals surface area contributed by atoms with Crippen LogP contribution in [0.5, 0.6) is 5.75 Å².